The highest BCUT2D eigenvalue weighted by molar-refractivity contribution is 6.07. The Hall–Kier alpha value is -2.49. The lowest BCUT2D eigenvalue weighted by Crippen LogP contribution is -2.22. The second kappa shape index (κ2) is 6.10. The number of amides is 1. The smallest absolute Gasteiger partial charge is 0.418 e. The first-order chi connectivity index (χ1) is 9.98. The zero-order chi connectivity index (χ0) is 17.1. The summed E-state index contributed by atoms with van der Waals surface area (Å²) in [6.45, 7) is 4.70. The fraction of sp³-hybridized carbons (Fsp3) is 0.333. The van der Waals surface area contributed by atoms with Crippen molar-refractivity contribution in [3.8, 4) is 6.07 Å². The van der Waals surface area contributed by atoms with Gasteiger partial charge in [0.1, 0.15) is 11.8 Å². The van der Waals surface area contributed by atoms with Crippen LogP contribution >= 0.6 is 0 Å². The van der Waals surface area contributed by atoms with E-state index in [9.17, 15) is 23.1 Å². The van der Waals surface area contributed by atoms with Crippen LogP contribution in [0.5, 0.6) is 0 Å². The molecule has 0 radical (unpaired) electrons. The van der Waals surface area contributed by atoms with E-state index in [1.54, 1.807) is 20.8 Å². The van der Waals surface area contributed by atoms with Gasteiger partial charge in [-0.15, -0.1) is 0 Å². The summed E-state index contributed by atoms with van der Waals surface area (Å²) >= 11 is 0. The molecule has 7 heteroatoms. The molecule has 0 saturated carbocycles. The van der Waals surface area contributed by atoms with Gasteiger partial charge in [-0.3, -0.25) is 4.79 Å². The summed E-state index contributed by atoms with van der Waals surface area (Å²) < 4.78 is 38.6. The number of hydrogen-bond donors (Lipinski definition) is 2. The van der Waals surface area contributed by atoms with E-state index < -0.39 is 40.1 Å². The van der Waals surface area contributed by atoms with Crippen molar-refractivity contribution < 1.29 is 23.1 Å². The third-order valence-corrected chi connectivity index (χ3v) is 2.77. The number of hydrogen-bond acceptors (Lipinski definition) is 3. The van der Waals surface area contributed by atoms with Crippen molar-refractivity contribution in [2.75, 3.05) is 5.32 Å². The van der Waals surface area contributed by atoms with Gasteiger partial charge in [0.2, 0.25) is 0 Å². The predicted octanol–water partition coefficient (Wildman–Crippen LogP) is 4.03. The highest BCUT2D eigenvalue weighted by atomic mass is 19.4. The molecule has 0 aliphatic heterocycles. The minimum Gasteiger partial charge on any atom is -0.510 e. The molecular weight excluding hydrogens is 297 g/mol. The first kappa shape index (κ1) is 17.6. The standard InChI is InChI=1S/C15H15F3N2O2/c1-14(2,3)12(21)9(8-19)13(22)20-11-7-5-4-6-10(11)15(16,17)18/h4-7,21H,1-3H3,(H,20,22)/b12-9-. The first-order valence-electron chi connectivity index (χ1n) is 6.30. The summed E-state index contributed by atoms with van der Waals surface area (Å²) in [7, 11) is 0. The fourth-order valence-corrected chi connectivity index (χ4v) is 1.61. The molecular formula is C15H15F3N2O2. The van der Waals surface area contributed by atoms with E-state index in [2.05, 4.69) is 0 Å². The maximum absolute atomic E-state index is 12.9. The number of rotatable bonds is 2. The number of nitrogens with one attached hydrogen (secondary N) is 1. The number of aliphatic hydroxyl groups is 1. The number of alkyl halides is 3. The molecule has 0 spiro atoms. The Morgan fingerprint density at radius 2 is 1.77 bits per heavy atom. The number of halogens is 3. The summed E-state index contributed by atoms with van der Waals surface area (Å²) in [4.78, 5) is 12.0. The van der Waals surface area contributed by atoms with Crippen LogP contribution in [0.15, 0.2) is 35.6 Å². The zero-order valence-electron chi connectivity index (χ0n) is 12.2. The van der Waals surface area contributed by atoms with Crippen molar-refractivity contribution in [1.29, 1.82) is 5.26 Å². The van der Waals surface area contributed by atoms with Crippen molar-refractivity contribution in [2.45, 2.75) is 26.9 Å². The number of anilines is 1. The highest BCUT2D eigenvalue weighted by Gasteiger charge is 2.34. The van der Waals surface area contributed by atoms with Crippen LogP contribution in [0.3, 0.4) is 0 Å². The van der Waals surface area contributed by atoms with Crippen LogP contribution in [-0.2, 0) is 11.0 Å². The minimum absolute atomic E-state index is 0.477. The Kier molecular flexibility index (Phi) is 4.87. The van der Waals surface area contributed by atoms with Gasteiger partial charge in [-0.25, -0.2) is 0 Å². The van der Waals surface area contributed by atoms with Crippen molar-refractivity contribution in [1.82, 2.24) is 0 Å². The lowest BCUT2D eigenvalue weighted by Gasteiger charge is -2.19. The largest absolute Gasteiger partial charge is 0.510 e. The Morgan fingerprint density at radius 1 is 1.23 bits per heavy atom. The zero-order valence-corrected chi connectivity index (χ0v) is 12.2. The molecule has 1 amide bonds. The molecule has 0 bridgehead atoms. The van der Waals surface area contributed by atoms with Crippen LogP contribution in [0.25, 0.3) is 0 Å². The number of carbonyl (C=O) groups is 1. The number of allylic oxidation sites excluding steroid dienone is 1. The average Bonchev–Trinajstić information content (AvgIpc) is 2.37. The monoisotopic (exact) mass is 312 g/mol. The van der Waals surface area contributed by atoms with Crippen LogP contribution in [0.2, 0.25) is 0 Å². The van der Waals surface area contributed by atoms with Crippen molar-refractivity contribution in [3.05, 3.63) is 41.2 Å². The Bertz CT molecular complexity index is 650. The fourth-order valence-electron chi connectivity index (χ4n) is 1.61. The molecule has 2 N–H and O–H groups in total. The molecule has 1 rings (SSSR count). The van der Waals surface area contributed by atoms with Crippen LogP contribution in [0, 0.1) is 16.7 Å². The molecule has 0 heterocycles. The van der Waals surface area contributed by atoms with Gasteiger partial charge in [0, 0.05) is 5.41 Å². The van der Waals surface area contributed by atoms with Gasteiger partial charge in [0.25, 0.3) is 5.91 Å². The number of aliphatic hydroxyl groups excluding tert-OH is 1. The molecule has 0 aromatic heterocycles. The predicted molar refractivity (Wildman–Crippen MR) is 74.8 cm³/mol. The lowest BCUT2D eigenvalue weighted by atomic mass is 9.90. The van der Waals surface area contributed by atoms with E-state index >= 15 is 0 Å². The summed E-state index contributed by atoms with van der Waals surface area (Å²) in [5, 5.41) is 20.9. The molecule has 4 nitrogen and oxygen atoms in total. The van der Waals surface area contributed by atoms with Gasteiger partial charge < -0.3 is 10.4 Å². The number of nitrogens with zero attached hydrogens (tertiary/aromatic N) is 1. The second-order valence-corrected chi connectivity index (χ2v) is 5.58. The van der Waals surface area contributed by atoms with Crippen LogP contribution in [0.1, 0.15) is 26.3 Å². The lowest BCUT2D eigenvalue weighted by molar-refractivity contribution is -0.137. The number of nitriles is 1. The normalized spacial score (nSPS) is 13.1. The molecule has 0 atom stereocenters. The number of carbonyl (C=O) groups excluding carboxylic acids is 1. The van der Waals surface area contributed by atoms with E-state index in [0.717, 1.165) is 12.1 Å². The Morgan fingerprint density at radius 3 is 2.23 bits per heavy atom. The summed E-state index contributed by atoms with van der Waals surface area (Å²) in [5.74, 6) is -1.58. The van der Waals surface area contributed by atoms with E-state index in [0.29, 0.717) is 0 Å². The molecule has 0 aliphatic rings. The van der Waals surface area contributed by atoms with Crippen LogP contribution < -0.4 is 5.32 Å². The van der Waals surface area contributed by atoms with Gasteiger partial charge >= 0.3 is 6.18 Å². The number of benzene rings is 1. The Balaban J connectivity index is 3.22. The molecule has 0 saturated heterocycles. The molecule has 22 heavy (non-hydrogen) atoms. The highest BCUT2D eigenvalue weighted by Crippen LogP contribution is 2.35. The summed E-state index contributed by atoms with van der Waals surface area (Å²) in [6.07, 6.45) is -4.65. The van der Waals surface area contributed by atoms with Crippen molar-refractivity contribution >= 4 is 11.6 Å². The van der Waals surface area contributed by atoms with E-state index in [1.165, 1.54) is 18.2 Å². The van der Waals surface area contributed by atoms with Gasteiger partial charge in [-0.1, -0.05) is 32.9 Å². The molecule has 1 aromatic carbocycles. The molecule has 118 valence electrons. The molecule has 0 unspecified atom stereocenters. The van der Waals surface area contributed by atoms with Gasteiger partial charge in [-0.2, -0.15) is 18.4 Å². The van der Waals surface area contributed by atoms with E-state index in [4.69, 9.17) is 5.26 Å². The first-order valence-corrected chi connectivity index (χ1v) is 6.30. The molecule has 0 fully saturated rings. The van der Waals surface area contributed by atoms with Gasteiger partial charge in [0.05, 0.1) is 11.3 Å². The second-order valence-electron chi connectivity index (χ2n) is 5.58. The maximum atomic E-state index is 12.9. The van der Waals surface area contributed by atoms with E-state index in [1.807, 2.05) is 5.32 Å². The molecule has 0 aliphatic carbocycles. The molecule has 1 aromatic rings. The van der Waals surface area contributed by atoms with Crippen molar-refractivity contribution in [3.63, 3.8) is 0 Å². The Labute approximate surface area is 125 Å². The summed E-state index contributed by atoms with van der Waals surface area (Å²) in [6, 6.07) is 5.92. The average molecular weight is 312 g/mol. The van der Waals surface area contributed by atoms with Crippen LogP contribution in [-0.4, -0.2) is 11.0 Å². The van der Waals surface area contributed by atoms with Crippen molar-refractivity contribution in [2.24, 2.45) is 5.41 Å². The van der Waals surface area contributed by atoms with Gasteiger partial charge in [-0.05, 0) is 12.1 Å². The minimum atomic E-state index is -4.65. The van der Waals surface area contributed by atoms with E-state index in [-0.39, 0.29) is 0 Å². The third-order valence-electron chi connectivity index (χ3n) is 2.77. The third kappa shape index (κ3) is 4.01. The topological polar surface area (TPSA) is 73.1 Å². The number of para-hydroxylation sites is 1. The van der Waals surface area contributed by atoms with Crippen LogP contribution in [0.4, 0.5) is 18.9 Å². The quantitative estimate of drug-likeness (QED) is 0.492. The maximum Gasteiger partial charge on any atom is 0.418 e. The van der Waals surface area contributed by atoms with Gasteiger partial charge in [0.15, 0.2) is 5.57 Å². The SMILES string of the molecule is CC(C)(C)/C(O)=C(\C#N)C(=O)Nc1ccccc1C(F)(F)F. The summed E-state index contributed by atoms with van der Waals surface area (Å²) in [5.41, 5.74) is -3.01.